The Morgan fingerprint density at radius 1 is 0.864 bits per heavy atom. The summed E-state index contributed by atoms with van der Waals surface area (Å²) in [5.74, 6) is -0.868. The number of hydrogen-bond acceptors (Lipinski definition) is 4. The van der Waals surface area contributed by atoms with Crippen LogP contribution in [0.4, 0.5) is 13.2 Å². The lowest BCUT2D eigenvalue weighted by Gasteiger charge is -2.09. The molecule has 0 atom stereocenters. The second-order valence-electron chi connectivity index (χ2n) is 4.20. The highest BCUT2D eigenvalue weighted by atomic mass is 32.2. The van der Waals surface area contributed by atoms with Crippen LogP contribution in [0.25, 0.3) is 0 Å². The van der Waals surface area contributed by atoms with Gasteiger partial charge < -0.3 is 4.18 Å². The molecule has 0 aliphatic rings. The maximum atomic E-state index is 12.2. The average molecular weight is 330 g/mol. The number of rotatable bonds is 4. The number of alkyl halides is 3. The Bertz CT molecular complexity index is 766. The summed E-state index contributed by atoms with van der Waals surface area (Å²) in [5.41, 5.74) is -4.91. The van der Waals surface area contributed by atoms with E-state index >= 15 is 0 Å². The van der Waals surface area contributed by atoms with Crippen LogP contribution in [0, 0.1) is 0 Å². The van der Waals surface area contributed by atoms with Crippen molar-refractivity contribution in [2.45, 2.75) is 5.51 Å². The molecule has 2 aromatic rings. The average Bonchev–Trinajstić information content (AvgIpc) is 2.47. The molecule has 22 heavy (non-hydrogen) atoms. The van der Waals surface area contributed by atoms with Crippen molar-refractivity contribution in [3.63, 3.8) is 0 Å². The summed E-state index contributed by atoms with van der Waals surface area (Å²) >= 11 is 0. The summed E-state index contributed by atoms with van der Waals surface area (Å²) < 4.78 is 62.2. The standard InChI is InChI=1S/C14H9F3O4S/c15-14(16,17)22(19,20)21-12-8-6-11(7-9-12)13(18)10-4-2-1-3-5-10/h1-9H. The molecule has 0 amide bonds. The van der Waals surface area contributed by atoms with Crippen LogP contribution in [-0.2, 0) is 10.1 Å². The van der Waals surface area contributed by atoms with Crippen molar-refractivity contribution in [3.8, 4) is 5.75 Å². The Kier molecular flexibility index (Phi) is 4.23. The van der Waals surface area contributed by atoms with Crippen molar-refractivity contribution in [1.29, 1.82) is 0 Å². The molecule has 0 fully saturated rings. The predicted molar refractivity (Wildman–Crippen MR) is 71.9 cm³/mol. The van der Waals surface area contributed by atoms with Crippen LogP contribution < -0.4 is 4.18 Å². The van der Waals surface area contributed by atoms with Gasteiger partial charge in [-0.25, -0.2) is 0 Å². The van der Waals surface area contributed by atoms with Crippen molar-refractivity contribution < 1.29 is 30.6 Å². The van der Waals surface area contributed by atoms with Crippen molar-refractivity contribution in [2.75, 3.05) is 0 Å². The van der Waals surface area contributed by atoms with Gasteiger partial charge >= 0.3 is 15.6 Å². The fourth-order valence-electron chi connectivity index (χ4n) is 1.59. The van der Waals surface area contributed by atoms with Crippen molar-refractivity contribution in [3.05, 3.63) is 65.7 Å². The first-order valence-corrected chi connectivity index (χ1v) is 7.32. The third-order valence-electron chi connectivity index (χ3n) is 2.64. The molecule has 116 valence electrons. The Morgan fingerprint density at radius 3 is 1.86 bits per heavy atom. The molecule has 0 radical (unpaired) electrons. The van der Waals surface area contributed by atoms with Crippen LogP contribution in [0.2, 0.25) is 0 Å². The van der Waals surface area contributed by atoms with E-state index in [1.807, 2.05) is 0 Å². The fourth-order valence-corrected chi connectivity index (χ4v) is 2.05. The first kappa shape index (κ1) is 16.0. The molecule has 0 heterocycles. The zero-order valence-electron chi connectivity index (χ0n) is 10.9. The lowest BCUT2D eigenvalue weighted by molar-refractivity contribution is -0.0500. The maximum absolute atomic E-state index is 12.2. The molecule has 0 aliphatic carbocycles. The zero-order valence-corrected chi connectivity index (χ0v) is 11.7. The van der Waals surface area contributed by atoms with Crippen LogP contribution in [0.1, 0.15) is 15.9 Å². The molecule has 0 saturated carbocycles. The topological polar surface area (TPSA) is 60.4 Å². The lowest BCUT2D eigenvalue weighted by Crippen LogP contribution is -2.28. The third kappa shape index (κ3) is 3.45. The molecule has 8 heteroatoms. The van der Waals surface area contributed by atoms with Crippen LogP contribution in [-0.4, -0.2) is 19.7 Å². The molecule has 4 nitrogen and oxygen atoms in total. The molecule has 0 saturated heterocycles. The van der Waals surface area contributed by atoms with Gasteiger partial charge in [0.25, 0.3) is 0 Å². The number of carbonyl (C=O) groups is 1. The molecule has 2 rings (SSSR count). The van der Waals surface area contributed by atoms with Crippen molar-refractivity contribution in [2.24, 2.45) is 0 Å². The second kappa shape index (κ2) is 5.80. The van der Waals surface area contributed by atoms with E-state index in [1.165, 1.54) is 12.1 Å². The van der Waals surface area contributed by atoms with Gasteiger partial charge in [-0.1, -0.05) is 30.3 Å². The SMILES string of the molecule is O=C(c1ccccc1)c1ccc(OS(=O)(=O)C(F)(F)F)cc1. The van der Waals surface area contributed by atoms with E-state index in [1.54, 1.807) is 30.3 Å². The first-order valence-electron chi connectivity index (χ1n) is 5.91. The van der Waals surface area contributed by atoms with E-state index in [0.29, 0.717) is 5.56 Å². The van der Waals surface area contributed by atoms with E-state index in [-0.39, 0.29) is 11.3 Å². The Balaban J connectivity index is 2.20. The van der Waals surface area contributed by atoms with Gasteiger partial charge in [-0.2, -0.15) is 21.6 Å². The first-order chi connectivity index (χ1) is 10.2. The smallest absolute Gasteiger partial charge is 0.376 e. The summed E-state index contributed by atoms with van der Waals surface area (Å²) in [4.78, 5) is 12.1. The molecule has 0 N–H and O–H groups in total. The molecular weight excluding hydrogens is 321 g/mol. The summed E-state index contributed by atoms with van der Waals surface area (Å²) in [6.07, 6.45) is 0. The summed E-state index contributed by atoms with van der Waals surface area (Å²) in [7, 11) is -5.72. The Hall–Kier alpha value is -2.35. The van der Waals surface area contributed by atoms with Crippen molar-refractivity contribution >= 4 is 15.9 Å². The summed E-state index contributed by atoms with van der Waals surface area (Å²) in [6.45, 7) is 0. The van der Waals surface area contributed by atoms with E-state index in [0.717, 1.165) is 12.1 Å². The van der Waals surface area contributed by atoms with Crippen LogP contribution in [0.5, 0.6) is 5.75 Å². The number of carbonyl (C=O) groups excluding carboxylic acids is 1. The largest absolute Gasteiger partial charge is 0.534 e. The molecule has 0 bridgehead atoms. The highest BCUT2D eigenvalue weighted by molar-refractivity contribution is 7.88. The Labute approximate surface area is 124 Å². The monoisotopic (exact) mass is 330 g/mol. The van der Waals surface area contributed by atoms with Crippen LogP contribution >= 0.6 is 0 Å². The molecule has 0 spiro atoms. The number of ketones is 1. The summed E-state index contributed by atoms with van der Waals surface area (Å²) in [6, 6.07) is 12.6. The molecule has 0 unspecified atom stereocenters. The lowest BCUT2D eigenvalue weighted by atomic mass is 10.0. The van der Waals surface area contributed by atoms with E-state index in [9.17, 15) is 26.4 Å². The van der Waals surface area contributed by atoms with Crippen LogP contribution in [0.15, 0.2) is 54.6 Å². The fraction of sp³-hybridized carbons (Fsp3) is 0.0714. The number of benzene rings is 2. The van der Waals surface area contributed by atoms with Crippen molar-refractivity contribution in [1.82, 2.24) is 0 Å². The van der Waals surface area contributed by atoms with Gasteiger partial charge in [0, 0.05) is 11.1 Å². The molecule has 0 aliphatic heterocycles. The van der Waals surface area contributed by atoms with Gasteiger partial charge in [0.1, 0.15) is 5.75 Å². The van der Waals surface area contributed by atoms with Crippen LogP contribution in [0.3, 0.4) is 0 Å². The second-order valence-corrected chi connectivity index (χ2v) is 5.74. The minimum Gasteiger partial charge on any atom is -0.376 e. The maximum Gasteiger partial charge on any atom is 0.534 e. The Morgan fingerprint density at radius 2 is 1.36 bits per heavy atom. The quantitative estimate of drug-likeness (QED) is 0.491. The van der Waals surface area contributed by atoms with E-state index in [4.69, 9.17) is 0 Å². The number of halogens is 3. The molecule has 2 aromatic carbocycles. The highest BCUT2D eigenvalue weighted by Gasteiger charge is 2.48. The zero-order chi connectivity index (χ0) is 16.4. The minimum absolute atomic E-state index is 0.197. The van der Waals surface area contributed by atoms with Gasteiger partial charge in [-0.05, 0) is 24.3 Å². The van der Waals surface area contributed by atoms with Gasteiger partial charge in [-0.3, -0.25) is 4.79 Å². The third-order valence-corrected chi connectivity index (χ3v) is 3.62. The van der Waals surface area contributed by atoms with Gasteiger partial charge in [-0.15, -0.1) is 0 Å². The minimum atomic E-state index is -5.72. The molecule has 0 aromatic heterocycles. The van der Waals surface area contributed by atoms with E-state index in [2.05, 4.69) is 4.18 Å². The molecular formula is C14H9F3O4S. The van der Waals surface area contributed by atoms with Gasteiger partial charge in [0.2, 0.25) is 0 Å². The predicted octanol–water partition coefficient (Wildman–Crippen LogP) is 3.15. The van der Waals surface area contributed by atoms with E-state index < -0.39 is 21.4 Å². The summed E-state index contributed by atoms with van der Waals surface area (Å²) in [5, 5.41) is 0. The van der Waals surface area contributed by atoms with Gasteiger partial charge in [0.05, 0.1) is 0 Å². The van der Waals surface area contributed by atoms with Gasteiger partial charge in [0.15, 0.2) is 5.78 Å². The normalized spacial score (nSPS) is 12.0. The number of hydrogen-bond donors (Lipinski definition) is 0. The highest BCUT2D eigenvalue weighted by Crippen LogP contribution is 2.27.